The summed E-state index contributed by atoms with van der Waals surface area (Å²) < 4.78 is 0. The number of anilines is 1. The van der Waals surface area contributed by atoms with Gasteiger partial charge in [0, 0.05) is 29.9 Å². The molecule has 98 valence electrons. The zero-order chi connectivity index (χ0) is 13.4. The van der Waals surface area contributed by atoms with E-state index in [0.717, 1.165) is 18.5 Å². The number of fused-ring (bicyclic) bond motifs is 2. The summed E-state index contributed by atoms with van der Waals surface area (Å²) in [7, 11) is 0. The molecule has 2 aliphatic rings. The number of carbonyl (C=O) groups is 1. The fourth-order valence-electron chi connectivity index (χ4n) is 3.38. The zero-order valence-corrected chi connectivity index (χ0v) is 11.4. The highest BCUT2D eigenvalue weighted by atomic mass is 35.5. The Balaban J connectivity index is 2.04. The number of Topliss-reactive ketones (excluding diaryl/α,β-unsaturated/α-hetero) is 1. The molecule has 0 spiro atoms. The van der Waals surface area contributed by atoms with Gasteiger partial charge in [-0.1, -0.05) is 11.6 Å². The smallest absolute Gasteiger partial charge is 0.137 e. The van der Waals surface area contributed by atoms with E-state index in [1.165, 1.54) is 6.42 Å². The molecule has 2 unspecified atom stereocenters. The van der Waals surface area contributed by atoms with Crippen molar-refractivity contribution < 1.29 is 4.79 Å². The molecule has 1 aromatic rings. The van der Waals surface area contributed by atoms with Crippen LogP contribution in [0.2, 0.25) is 5.02 Å². The van der Waals surface area contributed by atoms with Crippen LogP contribution in [0, 0.1) is 11.3 Å². The van der Waals surface area contributed by atoms with Crippen molar-refractivity contribution in [3.8, 4) is 6.07 Å². The monoisotopic (exact) mass is 274 g/mol. The highest BCUT2D eigenvalue weighted by Gasteiger charge is 2.38. The SMILES string of the molecule is N#Cc1ccc(Cl)cc1N1C2CCCC1CC(=O)C2. The van der Waals surface area contributed by atoms with Crippen LogP contribution in [-0.2, 0) is 4.79 Å². The van der Waals surface area contributed by atoms with Crippen LogP contribution >= 0.6 is 11.6 Å². The molecule has 4 heteroatoms. The summed E-state index contributed by atoms with van der Waals surface area (Å²) in [6.07, 6.45) is 4.43. The standard InChI is InChI=1S/C15H15ClN2O/c16-11-5-4-10(9-17)15(6-11)18-12-2-1-3-13(18)8-14(19)7-12/h4-6,12-13H,1-3,7-8H2. The second kappa shape index (κ2) is 4.86. The van der Waals surface area contributed by atoms with Crippen molar-refractivity contribution in [2.24, 2.45) is 0 Å². The van der Waals surface area contributed by atoms with Crippen molar-refractivity contribution in [1.29, 1.82) is 5.26 Å². The maximum atomic E-state index is 11.8. The highest BCUT2D eigenvalue weighted by molar-refractivity contribution is 6.30. The Bertz CT molecular complexity index is 548. The maximum absolute atomic E-state index is 11.8. The second-order valence-electron chi connectivity index (χ2n) is 5.37. The van der Waals surface area contributed by atoms with E-state index in [-0.39, 0.29) is 12.1 Å². The molecule has 0 N–H and O–H groups in total. The first-order valence-electron chi connectivity index (χ1n) is 6.68. The van der Waals surface area contributed by atoms with Gasteiger partial charge >= 0.3 is 0 Å². The second-order valence-corrected chi connectivity index (χ2v) is 5.80. The molecule has 0 saturated carbocycles. The lowest BCUT2D eigenvalue weighted by Gasteiger charge is -2.47. The van der Waals surface area contributed by atoms with E-state index < -0.39 is 0 Å². The summed E-state index contributed by atoms with van der Waals surface area (Å²) in [4.78, 5) is 14.0. The molecule has 0 amide bonds. The van der Waals surface area contributed by atoms with E-state index >= 15 is 0 Å². The normalized spacial score (nSPS) is 26.1. The van der Waals surface area contributed by atoms with E-state index in [1.54, 1.807) is 12.1 Å². The number of nitriles is 1. The van der Waals surface area contributed by atoms with Gasteiger partial charge in [0.25, 0.3) is 0 Å². The van der Waals surface area contributed by atoms with Crippen LogP contribution in [0.25, 0.3) is 0 Å². The molecule has 0 aliphatic carbocycles. The van der Waals surface area contributed by atoms with E-state index in [1.807, 2.05) is 6.07 Å². The van der Waals surface area contributed by atoms with Gasteiger partial charge in [0.1, 0.15) is 11.9 Å². The number of nitrogens with zero attached hydrogens (tertiary/aromatic N) is 2. The molecule has 1 aromatic carbocycles. The molecule has 19 heavy (non-hydrogen) atoms. The summed E-state index contributed by atoms with van der Waals surface area (Å²) in [5, 5.41) is 9.91. The first-order valence-corrected chi connectivity index (χ1v) is 7.06. The fourth-order valence-corrected chi connectivity index (χ4v) is 3.55. The molecule has 2 fully saturated rings. The van der Waals surface area contributed by atoms with Gasteiger partial charge in [-0.15, -0.1) is 0 Å². The van der Waals surface area contributed by atoms with Crippen LogP contribution in [0.3, 0.4) is 0 Å². The lowest BCUT2D eigenvalue weighted by Crippen LogP contribution is -2.52. The van der Waals surface area contributed by atoms with Gasteiger partial charge in [0.15, 0.2) is 0 Å². The molecule has 2 heterocycles. The van der Waals surface area contributed by atoms with Crippen LogP contribution < -0.4 is 4.90 Å². The number of ketones is 1. The number of piperidine rings is 2. The summed E-state index contributed by atoms with van der Waals surface area (Å²) >= 11 is 6.08. The number of rotatable bonds is 1. The van der Waals surface area contributed by atoms with Gasteiger partial charge < -0.3 is 4.90 Å². The lowest BCUT2D eigenvalue weighted by molar-refractivity contribution is -0.121. The van der Waals surface area contributed by atoms with E-state index in [2.05, 4.69) is 11.0 Å². The summed E-state index contributed by atoms with van der Waals surface area (Å²) in [6.45, 7) is 0. The molecule has 2 bridgehead atoms. The Labute approximate surface area is 117 Å². The molecule has 3 nitrogen and oxygen atoms in total. The molecule has 0 radical (unpaired) electrons. The van der Waals surface area contributed by atoms with Crippen LogP contribution in [0.15, 0.2) is 18.2 Å². The lowest BCUT2D eigenvalue weighted by atomic mass is 9.83. The third-order valence-corrected chi connectivity index (χ3v) is 4.38. The third kappa shape index (κ3) is 2.21. The van der Waals surface area contributed by atoms with Gasteiger partial charge in [-0.3, -0.25) is 4.79 Å². The van der Waals surface area contributed by atoms with E-state index in [9.17, 15) is 10.1 Å². The minimum absolute atomic E-state index is 0.241. The predicted octanol–water partition coefficient (Wildman–Crippen LogP) is 3.30. The van der Waals surface area contributed by atoms with Crippen LogP contribution in [-0.4, -0.2) is 17.9 Å². The molecular formula is C15H15ClN2O. The Morgan fingerprint density at radius 2 is 1.95 bits per heavy atom. The van der Waals surface area contributed by atoms with E-state index in [0.29, 0.717) is 29.2 Å². The van der Waals surface area contributed by atoms with Crippen molar-refractivity contribution in [1.82, 2.24) is 0 Å². The van der Waals surface area contributed by atoms with Crippen LogP contribution in [0.5, 0.6) is 0 Å². The van der Waals surface area contributed by atoms with Gasteiger partial charge in [0.05, 0.1) is 11.3 Å². The number of benzene rings is 1. The first kappa shape index (κ1) is 12.5. The molecule has 2 saturated heterocycles. The quantitative estimate of drug-likeness (QED) is 0.789. The molecule has 2 aliphatic heterocycles. The number of hydrogen-bond donors (Lipinski definition) is 0. The van der Waals surface area contributed by atoms with Crippen molar-refractivity contribution >= 4 is 23.1 Å². The Kier molecular flexibility index (Phi) is 3.20. The predicted molar refractivity (Wildman–Crippen MR) is 74.3 cm³/mol. The fraction of sp³-hybridized carbons (Fsp3) is 0.467. The number of hydrogen-bond acceptors (Lipinski definition) is 3. The third-order valence-electron chi connectivity index (χ3n) is 4.15. The van der Waals surface area contributed by atoms with Gasteiger partial charge in [-0.05, 0) is 37.5 Å². The molecule has 2 atom stereocenters. The van der Waals surface area contributed by atoms with Crippen molar-refractivity contribution in [3.05, 3.63) is 28.8 Å². The Morgan fingerprint density at radius 1 is 1.26 bits per heavy atom. The Hall–Kier alpha value is -1.53. The number of carbonyl (C=O) groups excluding carboxylic acids is 1. The molecular weight excluding hydrogens is 260 g/mol. The first-order chi connectivity index (χ1) is 9.19. The molecule has 0 aromatic heterocycles. The van der Waals surface area contributed by atoms with Crippen molar-refractivity contribution in [2.75, 3.05) is 4.90 Å². The molecule has 3 rings (SSSR count). The largest absolute Gasteiger partial charge is 0.364 e. The summed E-state index contributed by atoms with van der Waals surface area (Å²) in [5.41, 5.74) is 1.55. The van der Waals surface area contributed by atoms with Crippen molar-refractivity contribution in [2.45, 2.75) is 44.2 Å². The summed E-state index contributed by atoms with van der Waals surface area (Å²) in [6, 6.07) is 8.09. The topological polar surface area (TPSA) is 44.1 Å². The Morgan fingerprint density at radius 3 is 2.58 bits per heavy atom. The highest BCUT2D eigenvalue weighted by Crippen LogP contribution is 2.38. The van der Waals surface area contributed by atoms with Gasteiger partial charge in [-0.25, -0.2) is 0 Å². The minimum atomic E-state index is 0.241. The maximum Gasteiger partial charge on any atom is 0.137 e. The zero-order valence-electron chi connectivity index (χ0n) is 10.6. The number of halogens is 1. The minimum Gasteiger partial charge on any atom is -0.364 e. The average molecular weight is 275 g/mol. The van der Waals surface area contributed by atoms with Gasteiger partial charge in [0.2, 0.25) is 0 Å². The average Bonchev–Trinajstić information content (AvgIpc) is 2.37. The van der Waals surface area contributed by atoms with E-state index in [4.69, 9.17) is 11.6 Å². The van der Waals surface area contributed by atoms with Crippen LogP contribution in [0.4, 0.5) is 5.69 Å². The van der Waals surface area contributed by atoms with Gasteiger partial charge in [-0.2, -0.15) is 5.26 Å². The van der Waals surface area contributed by atoms with Crippen LogP contribution in [0.1, 0.15) is 37.7 Å². The summed E-state index contributed by atoms with van der Waals surface area (Å²) in [5.74, 6) is 0.353. The van der Waals surface area contributed by atoms with Crippen molar-refractivity contribution in [3.63, 3.8) is 0 Å².